The van der Waals surface area contributed by atoms with E-state index < -0.39 is 0 Å². The highest BCUT2D eigenvalue weighted by atomic mass is 35.5. The van der Waals surface area contributed by atoms with E-state index >= 15 is 0 Å². The van der Waals surface area contributed by atoms with Gasteiger partial charge < -0.3 is 0 Å². The lowest BCUT2D eigenvalue weighted by Gasteiger charge is -2.08. The van der Waals surface area contributed by atoms with Gasteiger partial charge in [-0.15, -0.1) is 35.3 Å². The number of hydrogen-bond donors (Lipinski definition) is 0. The zero-order valence-corrected chi connectivity index (χ0v) is 16.0. The molecule has 0 atom stereocenters. The minimum atomic E-state index is -0.341. The number of allylic oxidation sites excluding steroid dienone is 1. The molecule has 0 saturated heterocycles. The molecule has 19 heavy (non-hydrogen) atoms. The van der Waals surface area contributed by atoms with E-state index in [1.165, 1.54) is 40.2 Å². The van der Waals surface area contributed by atoms with E-state index in [-0.39, 0.29) is 5.24 Å². The predicted octanol–water partition coefficient (Wildman–Crippen LogP) is 5.98. The van der Waals surface area contributed by atoms with Crippen LogP contribution in [0.1, 0.15) is 0 Å². The van der Waals surface area contributed by atoms with Gasteiger partial charge in [-0.3, -0.25) is 4.79 Å². The molecule has 0 unspecified atom stereocenters. The molecule has 3 heterocycles. The summed E-state index contributed by atoms with van der Waals surface area (Å²) in [5.74, 6) is 2.39. The van der Waals surface area contributed by atoms with Crippen molar-refractivity contribution >= 4 is 99.2 Å². The fourth-order valence-corrected chi connectivity index (χ4v) is 11.5. The molecule has 0 aromatic rings. The summed E-state index contributed by atoms with van der Waals surface area (Å²) in [5, 5.41) is -0.341. The number of carbonyl (C=O) groups is 1. The molecule has 1 nitrogen and oxygen atoms in total. The van der Waals surface area contributed by atoms with E-state index in [2.05, 4.69) is 0 Å². The molecule has 0 saturated carbocycles. The first-order valence-electron chi connectivity index (χ1n) is 5.12. The van der Waals surface area contributed by atoms with Crippen molar-refractivity contribution in [2.45, 2.75) is 0 Å². The molecule has 0 bridgehead atoms. The van der Waals surface area contributed by atoms with Crippen LogP contribution in [0.3, 0.4) is 0 Å². The van der Waals surface area contributed by atoms with Gasteiger partial charge in [0.25, 0.3) is 5.24 Å². The first-order valence-corrected chi connectivity index (χ1v) is 12.0. The van der Waals surface area contributed by atoms with E-state index in [0.29, 0.717) is 4.91 Å². The van der Waals surface area contributed by atoms with Crippen LogP contribution >= 0.6 is 93.9 Å². The molecule has 0 N–H and O–H groups in total. The van der Waals surface area contributed by atoms with Gasteiger partial charge in [0.05, 0.1) is 26.1 Å². The minimum absolute atomic E-state index is 0.341. The van der Waals surface area contributed by atoms with Crippen molar-refractivity contribution in [2.75, 3.05) is 17.8 Å². The van der Waals surface area contributed by atoms with Gasteiger partial charge in [0.2, 0.25) is 0 Å². The van der Waals surface area contributed by atoms with Gasteiger partial charge in [-0.05, 0) is 17.9 Å². The summed E-state index contributed by atoms with van der Waals surface area (Å²) < 4.78 is 6.40. The van der Waals surface area contributed by atoms with Crippen molar-refractivity contribution in [1.29, 1.82) is 0 Å². The second-order valence-electron chi connectivity index (χ2n) is 3.35. The Bertz CT molecular complexity index is 516. The van der Waals surface area contributed by atoms with Gasteiger partial charge in [-0.25, -0.2) is 0 Å². The Morgan fingerprint density at radius 3 is 2.05 bits per heavy atom. The van der Waals surface area contributed by atoms with Crippen LogP contribution < -0.4 is 0 Å². The van der Waals surface area contributed by atoms with Crippen molar-refractivity contribution in [3.05, 3.63) is 26.1 Å². The molecule has 102 valence electrons. The highest BCUT2D eigenvalue weighted by Crippen LogP contribution is 2.65. The second kappa shape index (κ2) is 6.81. The highest BCUT2D eigenvalue weighted by Gasteiger charge is 2.32. The van der Waals surface area contributed by atoms with Crippen LogP contribution in [-0.2, 0) is 4.79 Å². The van der Waals surface area contributed by atoms with E-state index in [1.54, 1.807) is 23.5 Å². The van der Waals surface area contributed by atoms with Gasteiger partial charge in [0.15, 0.2) is 0 Å². The van der Waals surface area contributed by atoms with Crippen LogP contribution in [0.5, 0.6) is 0 Å². The molecular weight excluding hydrogens is 396 g/mol. The standard InChI is InChI=1S/C10H7ClOS7/c1-13-6-4(5(11)12)16-9(17-6)10-18-7-8(19-10)15-3-2-14-7/h2-3H2,1H3. The molecule has 0 aliphatic carbocycles. The predicted molar refractivity (Wildman–Crippen MR) is 101 cm³/mol. The van der Waals surface area contributed by atoms with Gasteiger partial charge in [0, 0.05) is 11.5 Å². The Kier molecular flexibility index (Phi) is 5.56. The van der Waals surface area contributed by atoms with E-state index in [9.17, 15) is 4.79 Å². The molecular formula is C10H7ClOS7. The SMILES string of the molecule is CSC1=C(C(=O)Cl)SC(=C2SC3=C(SCCS3)S2)S1. The van der Waals surface area contributed by atoms with Crippen molar-refractivity contribution in [2.24, 2.45) is 0 Å². The minimum Gasteiger partial charge on any atom is -0.275 e. The Morgan fingerprint density at radius 2 is 1.58 bits per heavy atom. The van der Waals surface area contributed by atoms with E-state index in [0.717, 1.165) is 4.24 Å². The summed E-state index contributed by atoms with van der Waals surface area (Å²) in [6, 6.07) is 0. The quantitative estimate of drug-likeness (QED) is 0.518. The lowest BCUT2D eigenvalue weighted by Crippen LogP contribution is -1.88. The van der Waals surface area contributed by atoms with Crippen LogP contribution in [0.25, 0.3) is 0 Å². The van der Waals surface area contributed by atoms with Crippen LogP contribution in [0.2, 0.25) is 0 Å². The van der Waals surface area contributed by atoms with Gasteiger partial charge in [-0.1, -0.05) is 47.0 Å². The Hall–Kier alpha value is 1.63. The fourth-order valence-electron chi connectivity index (χ4n) is 1.43. The summed E-state index contributed by atoms with van der Waals surface area (Å²) in [5.41, 5.74) is 0. The van der Waals surface area contributed by atoms with E-state index in [1.807, 2.05) is 53.3 Å². The first-order chi connectivity index (χ1) is 9.19. The third-order valence-corrected chi connectivity index (χ3v) is 12.6. The zero-order valence-electron chi connectivity index (χ0n) is 9.56. The van der Waals surface area contributed by atoms with Gasteiger partial charge in [-0.2, -0.15) is 0 Å². The van der Waals surface area contributed by atoms with Crippen LogP contribution in [-0.4, -0.2) is 23.0 Å². The third kappa shape index (κ3) is 3.36. The smallest absolute Gasteiger partial charge is 0.260 e. The number of rotatable bonds is 2. The molecule has 0 aromatic heterocycles. The molecule has 0 amide bonds. The number of halogens is 1. The summed E-state index contributed by atoms with van der Waals surface area (Å²) in [4.78, 5) is 12.1. The zero-order chi connectivity index (χ0) is 13.4. The maximum absolute atomic E-state index is 11.4. The summed E-state index contributed by atoms with van der Waals surface area (Å²) in [6.45, 7) is 0. The maximum atomic E-state index is 11.4. The van der Waals surface area contributed by atoms with Gasteiger partial charge in [0.1, 0.15) is 0 Å². The van der Waals surface area contributed by atoms with Crippen molar-refractivity contribution < 1.29 is 4.79 Å². The monoisotopic (exact) mass is 402 g/mol. The van der Waals surface area contributed by atoms with Crippen LogP contribution in [0, 0.1) is 0 Å². The lowest BCUT2D eigenvalue weighted by atomic mass is 10.7. The van der Waals surface area contributed by atoms with Crippen molar-refractivity contribution in [3.8, 4) is 0 Å². The molecule has 0 spiro atoms. The van der Waals surface area contributed by atoms with Gasteiger partial charge >= 0.3 is 0 Å². The van der Waals surface area contributed by atoms with Crippen LogP contribution in [0.4, 0.5) is 0 Å². The number of hydrogen-bond acceptors (Lipinski definition) is 8. The molecule has 3 aliphatic heterocycles. The molecule has 3 rings (SSSR count). The molecule has 9 heteroatoms. The average molecular weight is 403 g/mol. The number of thioether (sulfide) groups is 7. The lowest BCUT2D eigenvalue weighted by molar-refractivity contribution is -0.107. The summed E-state index contributed by atoms with van der Waals surface area (Å²) >= 11 is 18.1. The first kappa shape index (κ1) is 15.5. The Morgan fingerprint density at radius 1 is 1.00 bits per heavy atom. The molecule has 3 aliphatic rings. The fraction of sp³-hybridized carbons (Fsp3) is 0.300. The van der Waals surface area contributed by atoms with Crippen molar-refractivity contribution in [3.63, 3.8) is 0 Å². The molecule has 0 aromatic carbocycles. The summed E-state index contributed by atoms with van der Waals surface area (Å²) in [7, 11) is 0. The summed E-state index contributed by atoms with van der Waals surface area (Å²) in [6.07, 6.45) is 1.99. The Balaban J connectivity index is 1.80. The largest absolute Gasteiger partial charge is 0.275 e. The maximum Gasteiger partial charge on any atom is 0.260 e. The number of carbonyl (C=O) groups excluding carboxylic acids is 1. The topological polar surface area (TPSA) is 17.1 Å². The normalized spacial score (nSPS) is 23.5. The molecule has 0 fully saturated rings. The van der Waals surface area contributed by atoms with E-state index in [4.69, 9.17) is 11.6 Å². The van der Waals surface area contributed by atoms with Crippen LogP contribution in [0.15, 0.2) is 26.1 Å². The average Bonchev–Trinajstić information content (AvgIpc) is 3.02. The molecule has 0 radical (unpaired) electrons. The van der Waals surface area contributed by atoms with Crippen molar-refractivity contribution in [1.82, 2.24) is 0 Å². The highest BCUT2D eigenvalue weighted by molar-refractivity contribution is 8.44. The third-order valence-electron chi connectivity index (χ3n) is 2.18. The Labute approximate surface area is 146 Å². The second-order valence-corrected chi connectivity index (χ2v) is 12.1.